The Morgan fingerprint density at radius 1 is 1.28 bits per heavy atom. The molecule has 0 aliphatic rings. The Balaban J connectivity index is 2.49. The van der Waals surface area contributed by atoms with Crippen molar-refractivity contribution in [2.75, 3.05) is 25.6 Å². The summed E-state index contributed by atoms with van der Waals surface area (Å²) in [5, 5.41) is 19.9. The molecule has 2 aromatic rings. The highest BCUT2D eigenvalue weighted by atomic mass is 16.5. The molecule has 29 heavy (non-hydrogen) atoms. The van der Waals surface area contributed by atoms with Gasteiger partial charge in [0, 0.05) is 16.8 Å². The second-order valence-electron chi connectivity index (χ2n) is 6.74. The van der Waals surface area contributed by atoms with E-state index in [1.54, 1.807) is 24.3 Å². The lowest BCUT2D eigenvalue weighted by Gasteiger charge is -2.23. The zero-order valence-corrected chi connectivity index (χ0v) is 17.1. The number of nitrogens with one attached hydrogen (secondary N) is 2. The van der Waals surface area contributed by atoms with E-state index in [1.165, 1.54) is 7.11 Å². The van der Waals surface area contributed by atoms with E-state index in [0.717, 1.165) is 24.0 Å². The number of carbonyl (C=O) groups is 1. The largest absolute Gasteiger partial charge is 0.491 e. The van der Waals surface area contributed by atoms with Crippen LogP contribution in [0, 0.1) is 12.3 Å². The van der Waals surface area contributed by atoms with Gasteiger partial charge in [-0.15, -0.1) is 0 Å². The number of methoxy groups -OCH3 is 1. The number of hydrogen-bond acceptors (Lipinski definition) is 6. The molecule has 1 atom stereocenters. The molecular formula is C22H29N3O4. The van der Waals surface area contributed by atoms with Crippen LogP contribution in [-0.2, 0) is 16.0 Å². The molecule has 0 aliphatic carbocycles. The van der Waals surface area contributed by atoms with Gasteiger partial charge in [0.1, 0.15) is 18.2 Å². The first kappa shape index (κ1) is 22.2. The van der Waals surface area contributed by atoms with Crippen molar-refractivity contribution in [2.45, 2.75) is 32.7 Å². The number of carbonyl (C=O) groups excluding carboxylic acids is 1. The van der Waals surface area contributed by atoms with E-state index in [-0.39, 0.29) is 19.0 Å². The van der Waals surface area contributed by atoms with Crippen LogP contribution in [0.2, 0.25) is 0 Å². The van der Waals surface area contributed by atoms with Crippen LogP contribution < -0.4 is 15.8 Å². The van der Waals surface area contributed by atoms with E-state index in [9.17, 15) is 9.90 Å². The van der Waals surface area contributed by atoms with Crippen molar-refractivity contribution >= 4 is 17.5 Å². The lowest BCUT2D eigenvalue weighted by Crippen LogP contribution is -2.24. The van der Waals surface area contributed by atoms with Crippen LogP contribution in [0.1, 0.15) is 41.6 Å². The number of nitrogen functional groups attached to an aromatic ring is 1. The molecule has 0 heterocycles. The third-order valence-corrected chi connectivity index (χ3v) is 4.49. The monoisotopic (exact) mass is 399 g/mol. The minimum absolute atomic E-state index is 0.0244. The molecule has 1 unspecified atom stereocenters. The summed E-state index contributed by atoms with van der Waals surface area (Å²) < 4.78 is 10.8. The lowest BCUT2D eigenvalue weighted by molar-refractivity contribution is -0.141. The summed E-state index contributed by atoms with van der Waals surface area (Å²) >= 11 is 0. The first-order valence-corrected chi connectivity index (χ1v) is 9.57. The Hall–Kier alpha value is -3.06. The van der Waals surface area contributed by atoms with Gasteiger partial charge in [-0.25, -0.2) is 4.79 Å². The van der Waals surface area contributed by atoms with Gasteiger partial charge in [-0.05, 0) is 54.8 Å². The molecule has 0 aromatic heterocycles. The molecule has 2 rings (SSSR count). The van der Waals surface area contributed by atoms with E-state index in [0.29, 0.717) is 22.6 Å². The van der Waals surface area contributed by atoms with Gasteiger partial charge < -0.3 is 25.6 Å². The molecule has 0 amide bonds. The predicted octanol–water partition coefficient (Wildman–Crippen LogP) is 2.93. The summed E-state index contributed by atoms with van der Waals surface area (Å²) in [6.45, 7) is 4.02. The number of benzene rings is 2. The number of nitrogens with two attached hydrogens (primary N) is 1. The molecule has 0 saturated carbocycles. The normalized spacial score (nSPS) is 11.6. The Morgan fingerprint density at radius 3 is 2.52 bits per heavy atom. The molecule has 0 spiro atoms. The number of esters is 1. The maximum Gasteiger partial charge on any atom is 0.333 e. The first-order chi connectivity index (χ1) is 13.9. The van der Waals surface area contributed by atoms with Gasteiger partial charge >= 0.3 is 5.97 Å². The van der Waals surface area contributed by atoms with Crippen molar-refractivity contribution in [3.05, 3.63) is 58.7 Å². The first-order valence-electron chi connectivity index (χ1n) is 9.57. The topological polar surface area (TPSA) is 118 Å². The van der Waals surface area contributed by atoms with Crippen LogP contribution in [0.3, 0.4) is 0 Å². The average molecular weight is 399 g/mol. The van der Waals surface area contributed by atoms with Crippen molar-refractivity contribution in [3.8, 4) is 5.75 Å². The van der Waals surface area contributed by atoms with Crippen LogP contribution in [0.15, 0.2) is 36.4 Å². The molecule has 0 aliphatic heterocycles. The minimum atomic E-state index is -0.799. The fraction of sp³-hybridized carbons (Fsp3) is 0.364. The third-order valence-electron chi connectivity index (χ3n) is 4.49. The van der Waals surface area contributed by atoms with Crippen LogP contribution in [0.4, 0.5) is 5.69 Å². The summed E-state index contributed by atoms with van der Waals surface area (Å²) in [5.41, 5.74) is 9.42. The summed E-state index contributed by atoms with van der Waals surface area (Å²) in [7, 11) is 1.34. The fourth-order valence-corrected chi connectivity index (χ4v) is 3.16. The van der Waals surface area contributed by atoms with Gasteiger partial charge in [0.15, 0.2) is 6.04 Å². The number of hydrogen-bond donors (Lipinski definition) is 4. The number of rotatable bonds is 10. The van der Waals surface area contributed by atoms with E-state index in [4.69, 9.17) is 20.6 Å². The highest BCUT2D eigenvalue weighted by Crippen LogP contribution is 2.34. The number of anilines is 1. The maximum absolute atomic E-state index is 12.7. The van der Waals surface area contributed by atoms with Crippen molar-refractivity contribution in [1.82, 2.24) is 0 Å². The highest BCUT2D eigenvalue weighted by Gasteiger charge is 2.27. The van der Waals surface area contributed by atoms with Gasteiger partial charge in [0.05, 0.1) is 13.7 Å². The second-order valence-corrected chi connectivity index (χ2v) is 6.74. The van der Waals surface area contributed by atoms with Crippen LogP contribution in [-0.4, -0.2) is 37.2 Å². The Morgan fingerprint density at radius 2 is 1.97 bits per heavy atom. The molecular weight excluding hydrogens is 370 g/mol. The molecule has 156 valence electrons. The van der Waals surface area contributed by atoms with Gasteiger partial charge in [0.2, 0.25) is 0 Å². The summed E-state index contributed by atoms with van der Waals surface area (Å²) in [5.74, 6) is 0.0772. The quantitative estimate of drug-likeness (QED) is 0.277. The lowest BCUT2D eigenvalue weighted by atomic mass is 9.96. The van der Waals surface area contributed by atoms with Crippen molar-refractivity contribution in [1.29, 1.82) is 5.41 Å². The highest BCUT2D eigenvalue weighted by molar-refractivity contribution is 5.95. The number of aryl methyl sites for hydroxylation is 2. The Kier molecular flexibility index (Phi) is 8.03. The smallest absolute Gasteiger partial charge is 0.333 e. The number of aliphatic hydroxyl groups excluding tert-OH is 1. The van der Waals surface area contributed by atoms with Crippen LogP contribution in [0.5, 0.6) is 5.75 Å². The van der Waals surface area contributed by atoms with Crippen LogP contribution >= 0.6 is 0 Å². The minimum Gasteiger partial charge on any atom is -0.491 e. The van der Waals surface area contributed by atoms with E-state index >= 15 is 0 Å². The van der Waals surface area contributed by atoms with E-state index < -0.39 is 12.0 Å². The molecule has 0 radical (unpaired) electrons. The predicted molar refractivity (Wildman–Crippen MR) is 114 cm³/mol. The Labute approximate surface area is 171 Å². The number of aliphatic hydroxyl groups is 1. The van der Waals surface area contributed by atoms with Gasteiger partial charge in [-0.3, -0.25) is 5.41 Å². The van der Waals surface area contributed by atoms with Gasteiger partial charge in [-0.1, -0.05) is 19.4 Å². The molecule has 2 aromatic carbocycles. The van der Waals surface area contributed by atoms with Crippen molar-refractivity contribution < 1.29 is 19.4 Å². The average Bonchev–Trinajstić information content (AvgIpc) is 2.71. The number of ether oxygens (including phenoxy) is 2. The van der Waals surface area contributed by atoms with Gasteiger partial charge in [0.25, 0.3) is 0 Å². The fourth-order valence-electron chi connectivity index (χ4n) is 3.16. The zero-order valence-electron chi connectivity index (χ0n) is 17.1. The second kappa shape index (κ2) is 10.5. The molecule has 5 N–H and O–H groups in total. The van der Waals surface area contributed by atoms with Crippen molar-refractivity contribution in [2.24, 2.45) is 5.73 Å². The van der Waals surface area contributed by atoms with Crippen LogP contribution in [0.25, 0.3) is 0 Å². The molecule has 0 bridgehead atoms. The van der Waals surface area contributed by atoms with E-state index in [1.807, 2.05) is 19.1 Å². The SMILES string of the molecule is CCCc1cc(C)c(OCCO)c(C(Nc2ccc(C(=N)N)cc2)C(=O)OC)c1. The number of amidine groups is 1. The summed E-state index contributed by atoms with van der Waals surface area (Å²) in [6.07, 6.45) is 1.84. The third kappa shape index (κ3) is 5.71. The van der Waals surface area contributed by atoms with E-state index in [2.05, 4.69) is 12.2 Å². The Bertz CT molecular complexity index is 850. The zero-order chi connectivity index (χ0) is 21.4. The summed E-state index contributed by atoms with van der Waals surface area (Å²) in [6, 6.07) is 10.1. The molecule has 0 fully saturated rings. The molecule has 7 nitrogen and oxygen atoms in total. The molecule has 7 heteroatoms. The maximum atomic E-state index is 12.7. The standard InChI is InChI=1S/C22H29N3O4/c1-4-5-15-12-14(2)20(29-11-10-26)18(13-15)19(22(27)28-3)25-17-8-6-16(7-9-17)21(23)24/h6-9,12-13,19,25-26H,4-5,10-11H2,1-3H3,(H3,23,24). The van der Waals surface area contributed by atoms with Gasteiger partial charge in [-0.2, -0.15) is 0 Å². The molecule has 0 saturated heterocycles. The summed E-state index contributed by atoms with van der Waals surface area (Å²) in [4.78, 5) is 12.7. The van der Waals surface area contributed by atoms with Crippen molar-refractivity contribution in [3.63, 3.8) is 0 Å².